The Morgan fingerprint density at radius 1 is 1.50 bits per heavy atom. The van der Waals surface area contributed by atoms with Crippen LogP contribution in [0.4, 0.5) is 0 Å². The standard InChI is InChI=1S/C8H7IN4O/c9-7-6-8(11-3-10-7)13(4-12-6)1-5-2-14-5/h3-5H,1-2H2. The number of nitrogens with zero attached hydrogens (tertiary/aromatic N) is 4. The van der Waals surface area contributed by atoms with Gasteiger partial charge >= 0.3 is 0 Å². The minimum Gasteiger partial charge on any atom is -0.371 e. The lowest BCUT2D eigenvalue weighted by Crippen LogP contribution is -2.03. The van der Waals surface area contributed by atoms with E-state index in [1.807, 2.05) is 4.57 Å². The van der Waals surface area contributed by atoms with Crippen molar-refractivity contribution in [2.24, 2.45) is 0 Å². The summed E-state index contributed by atoms with van der Waals surface area (Å²) in [5.41, 5.74) is 1.76. The number of halogens is 1. The molecule has 0 amide bonds. The maximum atomic E-state index is 5.17. The molecule has 0 aliphatic carbocycles. The second-order valence-electron chi connectivity index (χ2n) is 3.19. The van der Waals surface area contributed by atoms with Crippen molar-refractivity contribution < 1.29 is 4.74 Å². The molecule has 1 saturated heterocycles. The Labute approximate surface area is 93.7 Å². The topological polar surface area (TPSA) is 56.1 Å². The molecule has 2 aromatic heterocycles. The zero-order valence-corrected chi connectivity index (χ0v) is 9.38. The van der Waals surface area contributed by atoms with E-state index in [4.69, 9.17) is 4.74 Å². The van der Waals surface area contributed by atoms with Crippen LogP contribution >= 0.6 is 22.6 Å². The van der Waals surface area contributed by atoms with Crippen molar-refractivity contribution in [1.29, 1.82) is 0 Å². The van der Waals surface area contributed by atoms with Crippen LogP contribution in [-0.4, -0.2) is 32.2 Å². The first-order chi connectivity index (χ1) is 6.84. The number of aromatic nitrogens is 4. The molecule has 1 aliphatic heterocycles. The third-order valence-corrected chi connectivity index (χ3v) is 2.95. The van der Waals surface area contributed by atoms with E-state index in [-0.39, 0.29) is 0 Å². The average molecular weight is 302 g/mol. The first-order valence-electron chi connectivity index (χ1n) is 4.27. The van der Waals surface area contributed by atoms with E-state index in [2.05, 4.69) is 37.5 Å². The fourth-order valence-corrected chi connectivity index (χ4v) is 1.88. The van der Waals surface area contributed by atoms with Crippen LogP contribution in [0.3, 0.4) is 0 Å². The van der Waals surface area contributed by atoms with Gasteiger partial charge in [-0.3, -0.25) is 0 Å². The Bertz CT molecular complexity index is 479. The number of hydrogen-bond donors (Lipinski definition) is 0. The van der Waals surface area contributed by atoms with Gasteiger partial charge in [0.15, 0.2) is 5.65 Å². The lowest BCUT2D eigenvalue weighted by atomic mass is 10.4. The van der Waals surface area contributed by atoms with E-state index in [1.165, 1.54) is 0 Å². The van der Waals surface area contributed by atoms with Gasteiger partial charge in [0.1, 0.15) is 15.5 Å². The minimum atomic E-state index is 0.347. The maximum Gasteiger partial charge on any atom is 0.164 e. The molecule has 1 fully saturated rings. The third kappa shape index (κ3) is 1.38. The SMILES string of the molecule is Ic1ncnc2c1ncn2CC1CO1. The normalized spacial score (nSPS) is 20.2. The second kappa shape index (κ2) is 3.13. The van der Waals surface area contributed by atoms with Gasteiger partial charge < -0.3 is 9.30 Å². The molecule has 0 bridgehead atoms. The van der Waals surface area contributed by atoms with Gasteiger partial charge in [-0.2, -0.15) is 0 Å². The minimum absolute atomic E-state index is 0.347. The van der Waals surface area contributed by atoms with E-state index in [1.54, 1.807) is 12.7 Å². The molecule has 1 unspecified atom stereocenters. The summed E-state index contributed by atoms with van der Waals surface area (Å²) in [7, 11) is 0. The molecule has 0 spiro atoms. The number of epoxide rings is 1. The van der Waals surface area contributed by atoms with Crippen molar-refractivity contribution in [1.82, 2.24) is 19.5 Å². The summed E-state index contributed by atoms with van der Waals surface area (Å²) in [6.07, 6.45) is 3.71. The molecule has 0 aromatic carbocycles. The Morgan fingerprint density at radius 2 is 2.36 bits per heavy atom. The largest absolute Gasteiger partial charge is 0.371 e. The quantitative estimate of drug-likeness (QED) is 0.468. The van der Waals surface area contributed by atoms with Crippen molar-refractivity contribution in [3.05, 3.63) is 16.4 Å². The van der Waals surface area contributed by atoms with Crippen LogP contribution in [0.1, 0.15) is 0 Å². The highest BCUT2D eigenvalue weighted by molar-refractivity contribution is 14.1. The number of fused-ring (bicyclic) bond motifs is 1. The Kier molecular flexibility index (Phi) is 1.91. The molecule has 0 N–H and O–H groups in total. The van der Waals surface area contributed by atoms with E-state index >= 15 is 0 Å². The van der Waals surface area contributed by atoms with E-state index in [0.29, 0.717) is 6.10 Å². The second-order valence-corrected chi connectivity index (χ2v) is 4.21. The van der Waals surface area contributed by atoms with Gasteiger partial charge in [0, 0.05) is 0 Å². The van der Waals surface area contributed by atoms with Crippen molar-refractivity contribution in [3.8, 4) is 0 Å². The number of imidazole rings is 1. The molecule has 0 radical (unpaired) electrons. The Morgan fingerprint density at radius 3 is 3.14 bits per heavy atom. The van der Waals surface area contributed by atoms with Crippen LogP contribution in [0.15, 0.2) is 12.7 Å². The molecule has 2 aromatic rings. The summed E-state index contributed by atoms with van der Waals surface area (Å²) < 4.78 is 8.07. The van der Waals surface area contributed by atoms with Gasteiger partial charge in [-0.15, -0.1) is 0 Å². The summed E-state index contributed by atoms with van der Waals surface area (Å²) in [5.74, 6) is 0. The van der Waals surface area contributed by atoms with Gasteiger partial charge in [-0.1, -0.05) is 0 Å². The zero-order chi connectivity index (χ0) is 9.54. The monoisotopic (exact) mass is 302 g/mol. The lowest BCUT2D eigenvalue weighted by molar-refractivity contribution is 0.384. The fraction of sp³-hybridized carbons (Fsp3) is 0.375. The van der Waals surface area contributed by atoms with Crippen molar-refractivity contribution in [2.45, 2.75) is 12.6 Å². The van der Waals surface area contributed by atoms with Crippen molar-refractivity contribution >= 4 is 33.8 Å². The smallest absolute Gasteiger partial charge is 0.164 e. The third-order valence-electron chi connectivity index (χ3n) is 2.16. The molecule has 0 saturated carbocycles. The van der Waals surface area contributed by atoms with Gasteiger partial charge in [0.25, 0.3) is 0 Å². The average Bonchev–Trinajstić information content (AvgIpc) is 2.88. The predicted molar refractivity (Wildman–Crippen MR) is 57.8 cm³/mol. The van der Waals surface area contributed by atoms with E-state index < -0.39 is 0 Å². The van der Waals surface area contributed by atoms with E-state index in [0.717, 1.165) is 28.0 Å². The molecule has 1 atom stereocenters. The first kappa shape index (κ1) is 8.54. The first-order valence-corrected chi connectivity index (χ1v) is 5.35. The van der Waals surface area contributed by atoms with Gasteiger partial charge in [-0.05, 0) is 22.6 Å². The molecule has 14 heavy (non-hydrogen) atoms. The molecule has 1 aliphatic rings. The van der Waals surface area contributed by atoms with Crippen LogP contribution < -0.4 is 0 Å². The molecule has 5 nitrogen and oxygen atoms in total. The summed E-state index contributed by atoms with van der Waals surface area (Å²) >= 11 is 2.16. The summed E-state index contributed by atoms with van der Waals surface area (Å²) in [6, 6.07) is 0. The Balaban J connectivity index is 2.10. The highest BCUT2D eigenvalue weighted by Gasteiger charge is 2.24. The predicted octanol–water partition coefficient (Wildman–Crippen LogP) is 0.830. The summed E-state index contributed by atoms with van der Waals surface area (Å²) in [6.45, 7) is 1.69. The van der Waals surface area contributed by atoms with Crippen LogP contribution in [0.2, 0.25) is 0 Å². The highest BCUT2D eigenvalue weighted by atomic mass is 127. The maximum absolute atomic E-state index is 5.17. The van der Waals surface area contributed by atoms with Crippen LogP contribution in [0.25, 0.3) is 11.2 Å². The molecule has 3 heterocycles. The van der Waals surface area contributed by atoms with Crippen LogP contribution in [0, 0.1) is 3.70 Å². The number of hydrogen-bond acceptors (Lipinski definition) is 4. The number of rotatable bonds is 2. The summed E-state index contributed by atoms with van der Waals surface area (Å²) in [4.78, 5) is 12.6. The van der Waals surface area contributed by atoms with Crippen LogP contribution in [0.5, 0.6) is 0 Å². The number of ether oxygens (including phenoxy) is 1. The molecule has 3 rings (SSSR count). The van der Waals surface area contributed by atoms with Crippen LogP contribution in [-0.2, 0) is 11.3 Å². The van der Waals surface area contributed by atoms with Gasteiger partial charge in [-0.25, -0.2) is 15.0 Å². The van der Waals surface area contributed by atoms with Crippen molar-refractivity contribution in [3.63, 3.8) is 0 Å². The van der Waals surface area contributed by atoms with Crippen molar-refractivity contribution in [2.75, 3.05) is 6.61 Å². The Hall–Kier alpha value is -0.760. The fourth-order valence-electron chi connectivity index (χ4n) is 1.38. The zero-order valence-electron chi connectivity index (χ0n) is 7.22. The van der Waals surface area contributed by atoms with Gasteiger partial charge in [0.2, 0.25) is 0 Å². The van der Waals surface area contributed by atoms with E-state index in [9.17, 15) is 0 Å². The highest BCUT2D eigenvalue weighted by Crippen LogP contribution is 2.18. The molecule has 72 valence electrons. The molecular formula is C8H7IN4O. The summed E-state index contributed by atoms with van der Waals surface area (Å²) in [5, 5.41) is 0. The molecular weight excluding hydrogens is 295 g/mol. The molecule has 6 heteroatoms. The lowest BCUT2D eigenvalue weighted by Gasteiger charge is -1.98. The van der Waals surface area contributed by atoms with Gasteiger partial charge in [0.05, 0.1) is 25.6 Å².